The Balaban J connectivity index is 2.17. The molecule has 1 aromatic heterocycles. The number of nitrogens with one attached hydrogen (secondary N) is 1. The molecule has 6 unspecified atom stereocenters. The molecule has 2 heterocycles. The number of hydrogen-bond acceptors (Lipinski definition) is 12. The van der Waals surface area contributed by atoms with Crippen LogP contribution >= 0.6 is 23.5 Å². The maximum atomic E-state index is 12.0. The van der Waals surface area contributed by atoms with Crippen molar-refractivity contribution in [3.8, 4) is 0 Å². The first-order valence-corrected chi connectivity index (χ1v) is 12.6. The van der Waals surface area contributed by atoms with Gasteiger partial charge in [0.15, 0.2) is 12.3 Å². The summed E-state index contributed by atoms with van der Waals surface area (Å²) in [6.45, 7) is -0.101. The highest BCUT2D eigenvalue weighted by atomic mass is 31.3. The Labute approximate surface area is 176 Å². The summed E-state index contributed by atoms with van der Waals surface area (Å²) >= 11 is 0. The zero-order valence-electron chi connectivity index (χ0n) is 15.7. The van der Waals surface area contributed by atoms with Crippen LogP contribution in [0.4, 0.5) is 0 Å². The molecule has 21 heteroatoms. The molecule has 6 N–H and O–H groups in total. The number of aromatic amines is 1. The van der Waals surface area contributed by atoms with Crippen molar-refractivity contribution in [2.75, 3.05) is 6.61 Å². The quantitative estimate of drug-likeness (QED) is 0.151. The number of rotatable bonds is 9. The third kappa shape index (κ3) is 7.52. The maximum Gasteiger partial charge on any atom is 0.490 e. The van der Waals surface area contributed by atoms with E-state index in [-0.39, 0.29) is 0 Å². The van der Waals surface area contributed by atoms with Crippen LogP contribution in [-0.2, 0) is 41.1 Å². The predicted octanol–water partition coefficient (Wildman–Crippen LogP) is -1.93. The fourth-order valence-electron chi connectivity index (χ4n) is 2.50. The number of aliphatic hydroxyl groups is 1. The van der Waals surface area contributed by atoms with Gasteiger partial charge in [-0.3, -0.25) is 23.7 Å². The lowest BCUT2D eigenvalue weighted by Crippen LogP contribution is -2.40. The number of carbonyl (C=O) groups excluding carboxylic acids is 1. The molecule has 182 valence electrons. The summed E-state index contributed by atoms with van der Waals surface area (Å²) in [5, 5.41) is 10.3. The van der Waals surface area contributed by atoms with Crippen molar-refractivity contribution in [3.05, 3.63) is 33.1 Å². The second kappa shape index (κ2) is 9.77. The molecular weight excluding hydrogens is 509 g/mol. The minimum Gasteiger partial charge on any atom is -0.455 e. The summed E-state index contributed by atoms with van der Waals surface area (Å²) in [6.07, 6.45) is -5.53. The maximum absolute atomic E-state index is 12.0. The molecule has 0 aliphatic carbocycles. The van der Waals surface area contributed by atoms with Crippen molar-refractivity contribution in [1.29, 1.82) is 0 Å². The zero-order valence-corrected chi connectivity index (χ0v) is 18.4. The summed E-state index contributed by atoms with van der Waals surface area (Å²) in [7, 11) is -16.9. The molecule has 1 aromatic rings. The van der Waals surface area contributed by atoms with Gasteiger partial charge in [0.25, 0.3) is 5.56 Å². The van der Waals surface area contributed by atoms with Crippen LogP contribution in [0.2, 0.25) is 0 Å². The third-order valence-electron chi connectivity index (χ3n) is 3.56. The molecule has 0 aromatic carbocycles. The Kier molecular flexibility index (Phi) is 8.16. The van der Waals surface area contributed by atoms with E-state index >= 15 is 0 Å². The van der Waals surface area contributed by atoms with Gasteiger partial charge in [-0.2, -0.15) is 8.62 Å². The fourth-order valence-corrected chi connectivity index (χ4v) is 5.53. The van der Waals surface area contributed by atoms with Crippen molar-refractivity contribution in [2.45, 2.75) is 31.5 Å². The van der Waals surface area contributed by atoms with E-state index in [4.69, 9.17) is 24.2 Å². The fraction of sp³-hybridized carbons (Fsp3) is 0.545. The van der Waals surface area contributed by atoms with Gasteiger partial charge in [0, 0.05) is 19.2 Å². The Morgan fingerprint density at radius 1 is 1.16 bits per heavy atom. The molecule has 1 aliphatic rings. The van der Waals surface area contributed by atoms with E-state index in [1.54, 1.807) is 0 Å². The number of hydrogen-bond donors (Lipinski definition) is 6. The highest BCUT2D eigenvalue weighted by Gasteiger charge is 2.49. The largest absolute Gasteiger partial charge is 0.490 e. The first-order chi connectivity index (χ1) is 14.5. The van der Waals surface area contributed by atoms with Crippen LogP contribution in [-0.4, -0.2) is 65.1 Å². The Morgan fingerprint density at radius 3 is 2.31 bits per heavy atom. The number of H-pyrrole nitrogens is 1. The highest BCUT2D eigenvalue weighted by Crippen LogP contribution is 2.66. The average Bonchev–Trinajstić information content (AvgIpc) is 2.85. The zero-order chi connectivity index (χ0) is 24.5. The minimum absolute atomic E-state index is 0.739. The van der Waals surface area contributed by atoms with E-state index < -0.39 is 71.8 Å². The van der Waals surface area contributed by atoms with Crippen molar-refractivity contribution in [1.82, 2.24) is 9.55 Å². The molecule has 0 bridgehead atoms. The normalized spacial score (nSPS) is 27.4. The number of phosphoric acid groups is 3. The van der Waals surface area contributed by atoms with E-state index in [1.165, 1.54) is 0 Å². The molecule has 0 saturated carbocycles. The van der Waals surface area contributed by atoms with Crippen LogP contribution in [0, 0.1) is 0 Å². The molecule has 1 saturated heterocycles. The van der Waals surface area contributed by atoms with Gasteiger partial charge >= 0.3 is 35.1 Å². The highest BCUT2D eigenvalue weighted by molar-refractivity contribution is 7.66. The molecule has 1 fully saturated rings. The van der Waals surface area contributed by atoms with E-state index in [1.807, 2.05) is 4.98 Å². The number of aromatic nitrogens is 2. The van der Waals surface area contributed by atoms with Crippen LogP contribution in [0.15, 0.2) is 21.9 Å². The summed E-state index contributed by atoms with van der Waals surface area (Å²) < 4.78 is 56.2. The average molecular weight is 526 g/mol. The summed E-state index contributed by atoms with van der Waals surface area (Å²) in [5.74, 6) is -0.909. The number of carbonyl (C=O) groups is 1. The van der Waals surface area contributed by atoms with E-state index in [0.717, 1.165) is 23.8 Å². The molecule has 32 heavy (non-hydrogen) atoms. The third-order valence-corrected chi connectivity index (χ3v) is 7.36. The summed E-state index contributed by atoms with van der Waals surface area (Å²) in [4.78, 5) is 72.0. The van der Waals surface area contributed by atoms with Crippen molar-refractivity contribution in [2.24, 2.45) is 0 Å². The Hall–Kier alpha value is -1.52. The predicted molar refractivity (Wildman–Crippen MR) is 96.6 cm³/mol. The number of ether oxygens (including phenoxy) is 2. The Bertz CT molecular complexity index is 1110. The van der Waals surface area contributed by atoms with Crippen LogP contribution in [0.1, 0.15) is 13.2 Å². The van der Waals surface area contributed by atoms with Gasteiger partial charge in [0.05, 0.1) is 6.61 Å². The molecule has 6 atom stereocenters. The molecule has 0 spiro atoms. The van der Waals surface area contributed by atoms with Gasteiger partial charge in [-0.15, -0.1) is 0 Å². The molecule has 0 radical (unpaired) electrons. The summed E-state index contributed by atoms with van der Waals surface area (Å²) in [6, 6.07) is 0.918. The monoisotopic (exact) mass is 526 g/mol. The minimum atomic E-state index is -5.77. The van der Waals surface area contributed by atoms with Gasteiger partial charge in [-0.1, -0.05) is 0 Å². The molecule has 2 rings (SSSR count). The van der Waals surface area contributed by atoms with Gasteiger partial charge < -0.3 is 34.2 Å². The number of aliphatic hydroxyl groups excluding tert-OH is 1. The van der Waals surface area contributed by atoms with E-state index in [2.05, 4.69) is 13.1 Å². The van der Waals surface area contributed by atoms with Crippen molar-refractivity contribution in [3.63, 3.8) is 0 Å². The van der Waals surface area contributed by atoms with E-state index in [0.29, 0.717) is 0 Å². The van der Waals surface area contributed by atoms with Crippen LogP contribution in [0.3, 0.4) is 0 Å². The topological polar surface area (TPSA) is 270 Å². The standard InChI is InChI=1S/C11H17N2O16P3/c1-5(14)26-9-8(16)6(27-10(9)13-3-2-7(15)12-11(13)17)4-25-31(21,22)29-32(23,24)28-30(18,19)20/h2-3,6,8-10,16H,4H2,1H3,(H,21,22)(H,23,24)(H,12,15,17)(H2,18,19,20). The van der Waals surface area contributed by atoms with Gasteiger partial charge in [-0.25, -0.2) is 18.5 Å². The van der Waals surface area contributed by atoms with Gasteiger partial charge in [-0.05, 0) is 0 Å². The first kappa shape index (κ1) is 26.7. The Morgan fingerprint density at radius 2 is 1.78 bits per heavy atom. The lowest BCUT2D eigenvalue weighted by Gasteiger charge is -2.21. The SMILES string of the molecule is CC(=O)OC1C(O)C(COP(=O)(O)OP(=O)(O)OP(=O)(O)O)OC1n1ccc(=O)[nH]c1=O. The lowest BCUT2D eigenvalue weighted by molar-refractivity contribution is -0.156. The number of esters is 1. The molecule has 0 amide bonds. The number of nitrogens with zero attached hydrogens (tertiary/aromatic N) is 1. The second-order valence-electron chi connectivity index (χ2n) is 6.03. The lowest BCUT2D eigenvalue weighted by atomic mass is 10.1. The molecule has 18 nitrogen and oxygen atoms in total. The van der Waals surface area contributed by atoms with Gasteiger partial charge in [0.2, 0.25) is 0 Å². The van der Waals surface area contributed by atoms with E-state index in [9.17, 15) is 38.1 Å². The van der Waals surface area contributed by atoms with Crippen LogP contribution in [0.5, 0.6) is 0 Å². The molecule has 1 aliphatic heterocycles. The first-order valence-electron chi connectivity index (χ1n) is 8.10. The summed E-state index contributed by atoms with van der Waals surface area (Å²) in [5.41, 5.74) is -1.78. The molecular formula is C11H17N2O16P3. The van der Waals surface area contributed by atoms with Crippen molar-refractivity contribution >= 4 is 29.4 Å². The smallest absolute Gasteiger partial charge is 0.455 e. The van der Waals surface area contributed by atoms with Gasteiger partial charge in [0.1, 0.15) is 12.2 Å². The van der Waals surface area contributed by atoms with Crippen LogP contribution < -0.4 is 11.2 Å². The van der Waals surface area contributed by atoms with Crippen molar-refractivity contribution < 1.29 is 65.8 Å². The second-order valence-corrected chi connectivity index (χ2v) is 10.5. The van der Waals surface area contributed by atoms with Crippen LogP contribution in [0.25, 0.3) is 0 Å². The number of phosphoric ester groups is 1.